The van der Waals surface area contributed by atoms with Crippen molar-refractivity contribution in [2.75, 3.05) is 7.05 Å². The molecular formula is C16H15Cl2NO. The van der Waals surface area contributed by atoms with Gasteiger partial charge in [0.1, 0.15) is 11.5 Å². The molecule has 1 heterocycles. The molecule has 20 heavy (non-hydrogen) atoms. The number of hydrogen-bond donors (Lipinski definition) is 1. The lowest BCUT2D eigenvalue weighted by Gasteiger charge is -2.24. The van der Waals surface area contributed by atoms with E-state index in [2.05, 4.69) is 5.32 Å². The van der Waals surface area contributed by atoms with Crippen LogP contribution < -0.4 is 10.1 Å². The number of nitrogens with one attached hydrogen (secondary N) is 1. The van der Waals surface area contributed by atoms with Gasteiger partial charge < -0.3 is 10.1 Å². The van der Waals surface area contributed by atoms with Crippen molar-refractivity contribution >= 4 is 23.2 Å². The molecule has 2 aromatic carbocycles. The van der Waals surface area contributed by atoms with Crippen molar-refractivity contribution in [1.29, 1.82) is 0 Å². The molecule has 2 aromatic rings. The second-order valence-corrected chi connectivity index (χ2v) is 5.87. The third-order valence-electron chi connectivity index (χ3n) is 3.61. The molecule has 0 unspecified atom stereocenters. The summed E-state index contributed by atoms with van der Waals surface area (Å²) in [5.41, 5.74) is 2.25. The van der Waals surface area contributed by atoms with E-state index in [4.69, 9.17) is 27.9 Å². The van der Waals surface area contributed by atoms with Crippen LogP contribution in [0.15, 0.2) is 36.4 Å². The Morgan fingerprint density at radius 3 is 1.90 bits per heavy atom. The van der Waals surface area contributed by atoms with Crippen LogP contribution in [0.1, 0.15) is 11.1 Å². The Morgan fingerprint density at radius 1 is 0.950 bits per heavy atom. The molecule has 3 rings (SSSR count). The number of fused-ring (bicyclic) bond motifs is 2. The van der Waals surface area contributed by atoms with Gasteiger partial charge in [0, 0.05) is 16.1 Å². The first-order valence-corrected chi connectivity index (χ1v) is 7.33. The van der Waals surface area contributed by atoms with Gasteiger partial charge in [0.05, 0.1) is 0 Å². The van der Waals surface area contributed by atoms with Crippen LogP contribution >= 0.6 is 23.2 Å². The molecule has 0 fully saturated rings. The number of hydrogen-bond acceptors (Lipinski definition) is 2. The molecule has 0 spiro atoms. The summed E-state index contributed by atoms with van der Waals surface area (Å²) in [4.78, 5) is 0. The van der Waals surface area contributed by atoms with Crippen LogP contribution in [0.5, 0.6) is 11.5 Å². The SMILES string of the molecule is CNC1Cc2cc(Cl)ccc2Oc2ccc(Cl)cc2C1. The summed E-state index contributed by atoms with van der Waals surface area (Å²) >= 11 is 12.2. The normalized spacial score (nSPS) is 14.8. The molecule has 104 valence electrons. The summed E-state index contributed by atoms with van der Waals surface area (Å²) in [7, 11) is 1.97. The molecule has 0 saturated carbocycles. The maximum atomic E-state index is 6.09. The molecule has 2 nitrogen and oxygen atoms in total. The Labute approximate surface area is 128 Å². The molecule has 0 aromatic heterocycles. The molecule has 0 atom stereocenters. The Morgan fingerprint density at radius 2 is 1.45 bits per heavy atom. The maximum Gasteiger partial charge on any atom is 0.130 e. The van der Waals surface area contributed by atoms with Crippen LogP contribution in [0.4, 0.5) is 0 Å². The fourth-order valence-corrected chi connectivity index (χ4v) is 2.93. The molecule has 0 amide bonds. The van der Waals surface area contributed by atoms with Crippen LogP contribution in [-0.2, 0) is 12.8 Å². The van der Waals surface area contributed by atoms with Gasteiger partial charge in [-0.15, -0.1) is 0 Å². The van der Waals surface area contributed by atoms with Crippen molar-refractivity contribution in [1.82, 2.24) is 5.32 Å². The number of rotatable bonds is 1. The lowest BCUT2D eigenvalue weighted by Crippen LogP contribution is -2.31. The predicted molar refractivity (Wildman–Crippen MR) is 83.2 cm³/mol. The number of benzene rings is 2. The monoisotopic (exact) mass is 307 g/mol. The molecule has 0 bridgehead atoms. The minimum Gasteiger partial charge on any atom is -0.457 e. The first-order valence-electron chi connectivity index (χ1n) is 6.57. The van der Waals surface area contributed by atoms with Crippen LogP contribution in [0.25, 0.3) is 0 Å². The second kappa shape index (κ2) is 5.65. The number of likely N-dealkylation sites (N-methyl/N-ethyl adjacent to an activating group) is 1. The number of ether oxygens (including phenoxy) is 1. The lowest BCUT2D eigenvalue weighted by atomic mass is 9.96. The van der Waals surface area contributed by atoms with E-state index in [1.807, 2.05) is 43.4 Å². The van der Waals surface area contributed by atoms with E-state index in [1.54, 1.807) is 0 Å². The zero-order valence-corrected chi connectivity index (χ0v) is 12.6. The van der Waals surface area contributed by atoms with Gasteiger partial charge in [0.2, 0.25) is 0 Å². The van der Waals surface area contributed by atoms with E-state index >= 15 is 0 Å². The van der Waals surface area contributed by atoms with Gasteiger partial charge in [0.15, 0.2) is 0 Å². The fourth-order valence-electron chi connectivity index (χ4n) is 2.54. The highest BCUT2D eigenvalue weighted by Gasteiger charge is 2.19. The summed E-state index contributed by atoms with van der Waals surface area (Å²) in [6.45, 7) is 0. The van der Waals surface area contributed by atoms with Gasteiger partial charge in [-0.05, 0) is 67.4 Å². The van der Waals surface area contributed by atoms with Gasteiger partial charge in [-0.25, -0.2) is 0 Å². The fraction of sp³-hybridized carbons (Fsp3) is 0.250. The van der Waals surface area contributed by atoms with Crippen molar-refractivity contribution < 1.29 is 4.74 Å². The van der Waals surface area contributed by atoms with Gasteiger partial charge >= 0.3 is 0 Å². The summed E-state index contributed by atoms with van der Waals surface area (Å²) in [6, 6.07) is 11.8. The minimum atomic E-state index is 0.327. The maximum absolute atomic E-state index is 6.09. The Balaban J connectivity index is 2.09. The van der Waals surface area contributed by atoms with E-state index in [1.165, 1.54) is 0 Å². The van der Waals surface area contributed by atoms with Crippen LogP contribution in [0.2, 0.25) is 10.0 Å². The molecule has 0 saturated heterocycles. The molecular weight excluding hydrogens is 293 g/mol. The van der Waals surface area contributed by atoms with Crippen molar-refractivity contribution in [2.45, 2.75) is 18.9 Å². The van der Waals surface area contributed by atoms with Crippen molar-refractivity contribution in [3.8, 4) is 11.5 Å². The van der Waals surface area contributed by atoms with Crippen LogP contribution in [-0.4, -0.2) is 13.1 Å². The first-order chi connectivity index (χ1) is 9.65. The predicted octanol–water partition coefficient (Wildman–Crippen LogP) is 4.47. The van der Waals surface area contributed by atoms with Crippen LogP contribution in [0.3, 0.4) is 0 Å². The molecule has 1 aliphatic heterocycles. The molecule has 1 aliphatic rings. The topological polar surface area (TPSA) is 21.3 Å². The van der Waals surface area contributed by atoms with E-state index < -0.39 is 0 Å². The number of halogens is 2. The second-order valence-electron chi connectivity index (χ2n) is 5.00. The summed E-state index contributed by atoms with van der Waals surface area (Å²) < 4.78 is 6.04. The molecule has 0 aliphatic carbocycles. The first kappa shape index (κ1) is 13.7. The van der Waals surface area contributed by atoms with Gasteiger partial charge in [0.25, 0.3) is 0 Å². The third-order valence-corrected chi connectivity index (χ3v) is 4.08. The van der Waals surface area contributed by atoms with Crippen molar-refractivity contribution in [3.05, 3.63) is 57.6 Å². The smallest absolute Gasteiger partial charge is 0.130 e. The van der Waals surface area contributed by atoms with E-state index in [0.29, 0.717) is 6.04 Å². The van der Waals surface area contributed by atoms with E-state index in [-0.39, 0.29) is 0 Å². The average Bonchev–Trinajstić information content (AvgIpc) is 2.41. The van der Waals surface area contributed by atoms with E-state index in [0.717, 1.165) is 45.5 Å². The van der Waals surface area contributed by atoms with Gasteiger partial charge in [-0.3, -0.25) is 0 Å². The largest absolute Gasteiger partial charge is 0.457 e. The third kappa shape index (κ3) is 2.78. The highest BCUT2D eigenvalue weighted by atomic mass is 35.5. The van der Waals surface area contributed by atoms with Gasteiger partial charge in [-0.2, -0.15) is 0 Å². The van der Waals surface area contributed by atoms with Gasteiger partial charge in [-0.1, -0.05) is 23.2 Å². The highest BCUT2D eigenvalue weighted by molar-refractivity contribution is 6.31. The summed E-state index contributed by atoms with van der Waals surface area (Å²) in [5, 5.41) is 4.82. The van der Waals surface area contributed by atoms with Crippen molar-refractivity contribution in [2.24, 2.45) is 0 Å². The zero-order chi connectivity index (χ0) is 14.1. The molecule has 1 N–H and O–H groups in total. The Hall–Kier alpha value is -1.22. The lowest BCUT2D eigenvalue weighted by molar-refractivity contribution is 0.441. The Bertz CT molecular complexity index is 589. The highest BCUT2D eigenvalue weighted by Crippen LogP contribution is 2.35. The summed E-state index contributed by atoms with van der Waals surface area (Å²) in [6.07, 6.45) is 1.75. The molecule has 4 heteroatoms. The van der Waals surface area contributed by atoms with E-state index in [9.17, 15) is 0 Å². The van der Waals surface area contributed by atoms with Crippen LogP contribution in [0, 0.1) is 0 Å². The van der Waals surface area contributed by atoms with Crippen molar-refractivity contribution in [3.63, 3.8) is 0 Å². The quantitative estimate of drug-likeness (QED) is 0.839. The molecule has 0 radical (unpaired) electrons. The summed E-state index contributed by atoms with van der Waals surface area (Å²) in [5.74, 6) is 1.72. The average molecular weight is 308 g/mol. The Kier molecular flexibility index (Phi) is 3.88. The zero-order valence-electron chi connectivity index (χ0n) is 11.1. The minimum absolute atomic E-state index is 0.327. The standard InChI is InChI=1S/C16H15Cl2NO/c1-19-14-8-10-6-12(17)2-4-15(10)20-16-5-3-13(18)7-11(16)9-14/h2-7,14,19H,8-9H2,1H3.